The van der Waals surface area contributed by atoms with E-state index in [1.54, 1.807) is 24.3 Å². The number of hydrogen-bond acceptors (Lipinski definition) is 6. The Morgan fingerprint density at radius 1 is 1.05 bits per heavy atom. The molecule has 0 bridgehead atoms. The van der Waals surface area contributed by atoms with E-state index in [0.717, 1.165) is 0 Å². The highest BCUT2D eigenvalue weighted by atomic mass is 35.7. The maximum atomic E-state index is 12.1. The lowest BCUT2D eigenvalue weighted by Crippen LogP contribution is -2.16. The van der Waals surface area contributed by atoms with Crippen molar-refractivity contribution in [2.24, 2.45) is 0 Å². The van der Waals surface area contributed by atoms with E-state index in [1.165, 1.54) is 6.20 Å². The molecular weight excluding hydrogens is 312 g/mol. The minimum Gasteiger partial charge on any atom is -0.222 e. The van der Waals surface area contributed by atoms with Crippen molar-refractivity contribution in [3.8, 4) is 0 Å². The third-order valence-corrected chi connectivity index (χ3v) is 5.47. The third kappa shape index (κ3) is 3.40. The summed E-state index contributed by atoms with van der Waals surface area (Å²) >= 11 is 0. The van der Waals surface area contributed by atoms with Crippen molar-refractivity contribution in [3.05, 3.63) is 30.5 Å². The highest BCUT2D eigenvalue weighted by Gasteiger charge is 2.22. The summed E-state index contributed by atoms with van der Waals surface area (Å²) in [6.45, 7) is 0. The Kier molecular flexibility index (Phi) is 3.75. The van der Waals surface area contributed by atoms with E-state index in [4.69, 9.17) is 10.7 Å². The molecule has 0 aliphatic rings. The molecule has 0 atom stereocenters. The molecule has 2 rings (SSSR count). The molecule has 6 nitrogen and oxygen atoms in total. The first kappa shape index (κ1) is 14.2. The fourth-order valence-corrected chi connectivity index (χ4v) is 4.66. The zero-order chi connectivity index (χ0) is 14.1. The van der Waals surface area contributed by atoms with E-state index in [-0.39, 0.29) is 5.03 Å². The van der Waals surface area contributed by atoms with Crippen LogP contribution in [0.5, 0.6) is 0 Å². The smallest absolute Gasteiger partial charge is 0.222 e. The Morgan fingerprint density at radius 2 is 1.74 bits per heavy atom. The fourth-order valence-electron chi connectivity index (χ4n) is 1.54. The van der Waals surface area contributed by atoms with Crippen LogP contribution in [0.1, 0.15) is 0 Å². The topological polar surface area (TPSA) is 94.1 Å². The molecular formula is C10H9ClN2O4S2. The normalized spacial score (nSPS) is 12.7. The quantitative estimate of drug-likeness (QED) is 0.779. The van der Waals surface area contributed by atoms with Crippen LogP contribution >= 0.6 is 10.7 Å². The fraction of sp³-hybridized carbons (Fsp3) is 0.200. The van der Waals surface area contributed by atoms with Gasteiger partial charge in [-0.3, -0.25) is 0 Å². The molecule has 2 aromatic rings. The van der Waals surface area contributed by atoms with Crippen LogP contribution < -0.4 is 0 Å². The zero-order valence-corrected chi connectivity index (χ0v) is 11.9. The molecule has 1 heterocycles. The molecule has 0 aliphatic heterocycles. The summed E-state index contributed by atoms with van der Waals surface area (Å²) in [6.07, 6.45) is 1.44. The lowest BCUT2D eigenvalue weighted by Gasteiger charge is -2.05. The first-order chi connectivity index (χ1) is 8.80. The molecule has 0 aliphatic carbocycles. The minimum absolute atomic E-state index is 0.231. The van der Waals surface area contributed by atoms with Crippen LogP contribution in [0.2, 0.25) is 0 Å². The molecule has 1 aromatic carbocycles. The second-order valence-electron chi connectivity index (χ2n) is 3.80. The van der Waals surface area contributed by atoms with Crippen LogP contribution in [0.3, 0.4) is 0 Å². The summed E-state index contributed by atoms with van der Waals surface area (Å²) in [5.74, 6) is -1.29. The van der Waals surface area contributed by atoms with Crippen molar-refractivity contribution in [2.75, 3.05) is 11.5 Å². The number of hydrogen-bond donors (Lipinski definition) is 0. The van der Waals surface area contributed by atoms with Gasteiger partial charge in [-0.1, -0.05) is 24.3 Å². The van der Waals surface area contributed by atoms with Gasteiger partial charge < -0.3 is 0 Å². The number of halogens is 1. The van der Waals surface area contributed by atoms with Crippen LogP contribution in [-0.4, -0.2) is 38.5 Å². The maximum absolute atomic E-state index is 12.1. The van der Waals surface area contributed by atoms with Gasteiger partial charge in [0.05, 0.1) is 17.7 Å². The Balaban J connectivity index is 2.49. The van der Waals surface area contributed by atoms with Gasteiger partial charge in [0.1, 0.15) is 0 Å². The lowest BCUT2D eigenvalue weighted by molar-refractivity contribution is 0.589. The molecule has 0 N–H and O–H groups in total. The number of nitrogens with zero attached hydrogens (tertiary/aromatic N) is 2. The van der Waals surface area contributed by atoms with Gasteiger partial charge in [-0.05, 0) is 0 Å². The molecule has 19 heavy (non-hydrogen) atoms. The van der Waals surface area contributed by atoms with Gasteiger partial charge in [0.15, 0.2) is 14.9 Å². The van der Waals surface area contributed by atoms with Crippen LogP contribution in [0.25, 0.3) is 10.8 Å². The lowest BCUT2D eigenvalue weighted by atomic mass is 10.2. The summed E-state index contributed by atoms with van der Waals surface area (Å²) in [5.41, 5.74) is 0. The molecule has 0 radical (unpaired) electrons. The van der Waals surface area contributed by atoms with E-state index >= 15 is 0 Å². The molecule has 9 heteroatoms. The van der Waals surface area contributed by atoms with Crippen molar-refractivity contribution in [3.63, 3.8) is 0 Å². The standard InChI is InChI=1S/C10H9ClN2O4S2/c11-19(16,17)6-5-18(14,15)10-9-4-2-1-3-8(9)7-12-13-10/h1-4,7H,5-6H2. The van der Waals surface area contributed by atoms with Gasteiger partial charge >= 0.3 is 0 Å². The Labute approximate surface area is 114 Å². The van der Waals surface area contributed by atoms with E-state index in [2.05, 4.69) is 10.2 Å². The van der Waals surface area contributed by atoms with Gasteiger partial charge in [0, 0.05) is 21.5 Å². The van der Waals surface area contributed by atoms with Crippen molar-refractivity contribution in [1.29, 1.82) is 0 Å². The van der Waals surface area contributed by atoms with Gasteiger partial charge in [-0.15, -0.1) is 5.10 Å². The number of rotatable bonds is 4. The van der Waals surface area contributed by atoms with Crippen LogP contribution in [0, 0.1) is 0 Å². The van der Waals surface area contributed by atoms with Gasteiger partial charge in [0.2, 0.25) is 9.05 Å². The number of sulfone groups is 1. The first-order valence-electron chi connectivity index (χ1n) is 5.15. The van der Waals surface area contributed by atoms with Crippen molar-refractivity contribution >= 4 is 40.3 Å². The predicted octanol–water partition coefficient (Wildman–Crippen LogP) is 0.972. The molecule has 0 amide bonds. The van der Waals surface area contributed by atoms with Crippen molar-refractivity contribution in [2.45, 2.75) is 5.03 Å². The van der Waals surface area contributed by atoms with Gasteiger partial charge in [-0.25, -0.2) is 16.8 Å². The molecule has 0 saturated carbocycles. The van der Waals surface area contributed by atoms with Crippen LogP contribution in [-0.2, 0) is 18.9 Å². The average molecular weight is 321 g/mol. The SMILES string of the molecule is O=S(=O)(Cl)CCS(=O)(=O)c1nncc2ccccc12. The molecule has 0 saturated heterocycles. The maximum Gasteiger partial charge on any atom is 0.233 e. The molecule has 0 unspecified atom stereocenters. The molecule has 0 spiro atoms. The minimum atomic E-state index is -3.87. The highest BCUT2D eigenvalue weighted by molar-refractivity contribution is 8.14. The Hall–Kier alpha value is -1.25. The van der Waals surface area contributed by atoms with E-state index in [0.29, 0.717) is 10.8 Å². The predicted molar refractivity (Wildman–Crippen MR) is 71.2 cm³/mol. The second kappa shape index (κ2) is 5.03. The summed E-state index contributed by atoms with van der Waals surface area (Å²) in [5, 5.41) is 8.01. The van der Waals surface area contributed by atoms with E-state index in [1.807, 2.05) is 0 Å². The Bertz CT molecular complexity index is 813. The molecule has 0 fully saturated rings. The second-order valence-corrected chi connectivity index (χ2v) is 8.72. The summed E-state index contributed by atoms with van der Waals surface area (Å²) in [4.78, 5) is 0. The number of fused-ring (bicyclic) bond motifs is 1. The van der Waals surface area contributed by atoms with E-state index in [9.17, 15) is 16.8 Å². The summed E-state index contributed by atoms with van der Waals surface area (Å²) in [6, 6.07) is 6.69. The number of aromatic nitrogens is 2. The van der Waals surface area contributed by atoms with E-state index < -0.39 is 30.4 Å². The average Bonchev–Trinajstić information content (AvgIpc) is 2.35. The molecule has 1 aromatic heterocycles. The summed E-state index contributed by atoms with van der Waals surface area (Å²) in [7, 11) is -2.71. The van der Waals surface area contributed by atoms with Crippen LogP contribution in [0.15, 0.2) is 35.5 Å². The zero-order valence-electron chi connectivity index (χ0n) is 9.52. The largest absolute Gasteiger partial charge is 0.233 e. The first-order valence-corrected chi connectivity index (χ1v) is 9.28. The van der Waals surface area contributed by atoms with Gasteiger partial charge in [0.25, 0.3) is 0 Å². The monoisotopic (exact) mass is 320 g/mol. The van der Waals surface area contributed by atoms with Crippen molar-refractivity contribution < 1.29 is 16.8 Å². The summed E-state index contributed by atoms with van der Waals surface area (Å²) < 4.78 is 45.8. The Morgan fingerprint density at radius 3 is 2.42 bits per heavy atom. The van der Waals surface area contributed by atoms with Crippen LogP contribution in [0.4, 0.5) is 0 Å². The third-order valence-electron chi connectivity index (χ3n) is 2.43. The number of benzene rings is 1. The van der Waals surface area contributed by atoms with Crippen molar-refractivity contribution in [1.82, 2.24) is 10.2 Å². The van der Waals surface area contributed by atoms with Gasteiger partial charge in [-0.2, -0.15) is 5.10 Å². The highest BCUT2D eigenvalue weighted by Crippen LogP contribution is 2.20. The molecule has 102 valence electrons.